The van der Waals surface area contributed by atoms with Gasteiger partial charge in [0.2, 0.25) is 0 Å². The Labute approximate surface area is 186 Å². The van der Waals surface area contributed by atoms with Gasteiger partial charge in [-0.1, -0.05) is 13.8 Å². The van der Waals surface area contributed by atoms with Crippen LogP contribution in [0.3, 0.4) is 0 Å². The molecule has 4 aromatic heterocycles. The molecule has 0 aromatic carbocycles. The Kier molecular flexibility index (Phi) is 5.66. The molecule has 0 aliphatic heterocycles. The van der Waals surface area contributed by atoms with Crippen LogP contribution >= 0.6 is 11.3 Å². The highest BCUT2D eigenvalue weighted by atomic mass is 32.1. The number of rotatable bonds is 6. The number of pyridine rings is 1. The van der Waals surface area contributed by atoms with Gasteiger partial charge in [-0.05, 0) is 45.7 Å². The average molecular weight is 437 g/mol. The molecule has 0 unspecified atom stereocenters. The summed E-state index contributed by atoms with van der Waals surface area (Å²) >= 11 is 1.73. The number of fused-ring (bicyclic) bond motifs is 1. The van der Waals surface area contributed by atoms with Crippen molar-refractivity contribution in [2.45, 2.75) is 54.1 Å². The minimum Gasteiger partial charge on any atom is -0.307 e. The molecule has 0 aliphatic rings. The van der Waals surface area contributed by atoms with Crippen LogP contribution in [-0.2, 0) is 6.54 Å². The van der Waals surface area contributed by atoms with Gasteiger partial charge in [0.1, 0.15) is 5.82 Å². The fourth-order valence-corrected chi connectivity index (χ4v) is 4.65. The third-order valence-corrected chi connectivity index (χ3v) is 6.08. The normalized spacial score (nSPS) is 11.7. The van der Waals surface area contributed by atoms with Crippen molar-refractivity contribution in [1.82, 2.24) is 24.5 Å². The molecular formula is C23H28N6OS. The third kappa shape index (κ3) is 4.12. The predicted molar refractivity (Wildman–Crippen MR) is 126 cm³/mol. The van der Waals surface area contributed by atoms with E-state index in [0.717, 1.165) is 28.8 Å². The van der Waals surface area contributed by atoms with Gasteiger partial charge in [-0.15, -0.1) is 11.3 Å². The number of nitrogens with zero attached hydrogens (tertiary/aromatic N) is 5. The van der Waals surface area contributed by atoms with Gasteiger partial charge < -0.3 is 5.32 Å². The second-order valence-electron chi connectivity index (χ2n) is 8.55. The summed E-state index contributed by atoms with van der Waals surface area (Å²) in [6, 6.07) is 5.96. The largest absolute Gasteiger partial charge is 0.307 e. The number of hydrogen-bond donors (Lipinski definition) is 1. The van der Waals surface area contributed by atoms with Crippen molar-refractivity contribution >= 4 is 34.1 Å². The van der Waals surface area contributed by atoms with Gasteiger partial charge in [0.25, 0.3) is 5.91 Å². The fourth-order valence-electron chi connectivity index (χ4n) is 3.72. The van der Waals surface area contributed by atoms with Crippen molar-refractivity contribution in [2.24, 2.45) is 5.92 Å². The van der Waals surface area contributed by atoms with Crippen LogP contribution in [0.25, 0.3) is 22.3 Å². The van der Waals surface area contributed by atoms with E-state index in [2.05, 4.69) is 63.1 Å². The summed E-state index contributed by atoms with van der Waals surface area (Å²) in [6.45, 7) is 13.3. The Balaban J connectivity index is 1.82. The van der Waals surface area contributed by atoms with Gasteiger partial charge in [0.05, 0.1) is 29.0 Å². The highest BCUT2D eigenvalue weighted by molar-refractivity contribution is 7.12. The van der Waals surface area contributed by atoms with E-state index in [9.17, 15) is 4.79 Å². The Bertz CT molecular complexity index is 1250. The number of hydrogen-bond acceptors (Lipinski definition) is 5. The molecule has 0 fully saturated rings. The first-order valence-electron chi connectivity index (χ1n) is 10.5. The second-order valence-corrected chi connectivity index (χ2v) is 10.0. The topological polar surface area (TPSA) is 77.6 Å². The minimum absolute atomic E-state index is 0.133. The Morgan fingerprint density at radius 1 is 1.16 bits per heavy atom. The molecule has 0 aliphatic carbocycles. The lowest BCUT2D eigenvalue weighted by atomic mass is 10.1. The number of aromatic nitrogens is 5. The molecule has 0 saturated carbocycles. The smallest absolute Gasteiger partial charge is 0.257 e. The minimum atomic E-state index is -0.188. The molecule has 7 nitrogen and oxygen atoms in total. The van der Waals surface area contributed by atoms with E-state index >= 15 is 0 Å². The first kappa shape index (κ1) is 21.2. The third-order valence-electron chi connectivity index (χ3n) is 5.11. The molecule has 0 bridgehead atoms. The first-order valence-corrected chi connectivity index (χ1v) is 11.3. The maximum atomic E-state index is 13.4. The zero-order chi connectivity index (χ0) is 22.3. The summed E-state index contributed by atoms with van der Waals surface area (Å²) < 4.78 is 3.69. The van der Waals surface area contributed by atoms with Crippen LogP contribution in [0.4, 0.5) is 5.82 Å². The van der Waals surface area contributed by atoms with E-state index in [1.165, 1.54) is 9.75 Å². The van der Waals surface area contributed by atoms with E-state index in [1.807, 2.05) is 21.5 Å². The van der Waals surface area contributed by atoms with E-state index in [0.29, 0.717) is 17.3 Å². The van der Waals surface area contributed by atoms with Crippen molar-refractivity contribution in [3.05, 3.63) is 45.9 Å². The molecule has 0 spiro atoms. The van der Waals surface area contributed by atoms with Crippen LogP contribution in [0.5, 0.6) is 0 Å². The lowest BCUT2D eigenvalue weighted by Crippen LogP contribution is -2.18. The average Bonchev–Trinajstić information content (AvgIpc) is 3.39. The lowest BCUT2D eigenvalue weighted by Gasteiger charge is -2.13. The first-order chi connectivity index (χ1) is 14.7. The summed E-state index contributed by atoms with van der Waals surface area (Å²) in [7, 11) is 0. The molecule has 8 heteroatoms. The quantitative estimate of drug-likeness (QED) is 0.435. The number of amides is 1. The fraction of sp³-hybridized carbons (Fsp3) is 0.391. The van der Waals surface area contributed by atoms with Crippen molar-refractivity contribution < 1.29 is 4.79 Å². The maximum absolute atomic E-state index is 13.4. The molecule has 1 N–H and O–H groups in total. The molecule has 31 heavy (non-hydrogen) atoms. The van der Waals surface area contributed by atoms with Crippen LogP contribution in [0.15, 0.2) is 30.6 Å². The van der Waals surface area contributed by atoms with Crippen LogP contribution in [-0.4, -0.2) is 30.5 Å². The summed E-state index contributed by atoms with van der Waals surface area (Å²) in [4.78, 5) is 20.7. The van der Waals surface area contributed by atoms with E-state index in [4.69, 9.17) is 4.98 Å². The number of thiophene rings is 1. The molecule has 4 rings (SSSR count). The van der Waals surface area contributed by atoms with Crippen LogP contribution in [0.1, 0.15) is 53.8 Å². The number of anilines is 1. The zero-order valence-corrected chi connectivity index (χ0v) is 19.6. The highest BCUT2D eigenvalue weighted by Gasteiger charge is 2.21. The van der Waals surface area contributed by atoms with Gasteiger partial charge in [0, 0.05) is 34.0 Å². The van der Waals surface area contributed by atoms with Crippen LogP contribution in [0, 0.1) is 19.8 Å². The van der Waals surface area contributed by atoms with Crippen LogP contribution < -0.4 is 5.32 Å². The van der Waals surface area contributed by atoms with Gasteiger partial charge in [-0.2, -0.15) is 10.2 Å². The Hall–Kier alpha value is -3.00. The highest BCUT2D eigenvalue weighted by Crippen LogP contribution is 2.32. The summed E-state index contributed by atoms with van der Waals surface area (Å²) in [5.41, 5.74) is 3.13. The number of aryl methyl sites for hydroxylation is 2. The Morgan fingerprint density at radius 3 is 2.58 bits per heavy atom. The molecule has 1 amide bonds. The second kappa shape index (κ2) is 8.26. The standard InChI is InChI=1S/C23H28N6OS/c1-13(2)12-28-21(7-8-24-28)27-23(30)18-10-20(17-9-15(5)31-16(17)6)26-22-19(18)11-25-29(22)14(3)4/h7-11,13-14H,12H2,1-6H3,(H,27,30). The SMILES string of the molecule is Cc1cc(-c2cc(C(=O)Nc3ccnn3CC(C)C)c3cnn(C(C)C)c3n2)c(C)s1. The molecule has 4 heterocycles. The maximum Gasteiger partial charge on any atom is 0.257 e. The van der Waals surface area contributed by atoms with Gasteiger partial charge in [-0.3, -0.25) is 4.79 Å². The van der Waals surface area contributed by atoms with Gasteiger partial charge in [-0.25, -0.2) is 14.3 Å². The van der Waals surface area contributed by atoms with Gasteiger partial charge in [0.15, 0.2) is 5.65 Å². The molecule has 4 aromatic rings. The Morgan fingerprint density at radius 2 is 1.94 bits per heavy atom. The molecule has 0 saturated heterocycles. The number of carbonyl (C=O) groups excluding carboxylic acids is 1. The van der Waals surface area contributed by atoms with Crippen molar-refractivity contribution in [3.8, 4) is 11.3 Å². The molecular weight excluding hydrogens is 408 g/mol. The molecule has 162 valence electrons. The van der Waals surface area contributed by atoms with Gasteiger partial charge >= 0.3 is 0 Å². The molecule has 0 radical (unpaired) electrons. The lowest BCUT2D eigenvalue weighted by molar-refractivity contribution is 0.102. The number of nitrogens with one attached hydrogen (secondary N) is 1. The summed E-state index contributed by atoms with van der Waals surface area (Å²) in [6.07, 6.45) is 3.44. The molecule has 0 atom stereocenters. The van der Waals surface area contributed by atoms with E-state index in [1.54, 1.807) is 23.7 Å². The van der Waals surface area contributed by atoms with Crippen LogP contribution in [0.2, 0.25) is 0 Å². The summed E-state index contributed by atoms with van der Waals surface area (Å²) in [5.74, 6) is 0.917. The predicted octanol–water partition coefficient (Wildman–Crippen LogP) is 5.46. The monoisotopic (exact) mass is 436 g/mol. The van der Waals surface area contributed by atoms with E-state index in [-0.39, 0.29) is 11.9 Å². The van der Waals surface area contributed by atoms with E-state index < -0.39 is 0 Å². The van der Waals surface area contributed by atoms with Crippen molar-refractivity contribution in [2.75, 3.05) is 5.32 Å². The van der Waals surface area contributed by atoms with Crippen molar-refractivity contribution in [1.29, 1.82) is 0 Å². The number of carbonyl (C=O) groups is 1. The van der Waals surface area contributed by atoms with Crippen molar-refractivity contribution in [3.63, 3.8) is 0 Å². The zero-order valence-electron chi connectivity index (χ0n) is 18.8. The summed E-state index contributed by atoms with van der Waals surface area (Å²) in [5, 5.41) is 12.6.